The van der Waals surface area contributed by atoms with Crippen LogP contribution in [0.15, 0.2) is 53.0 Å². The highest BCUT2D eigenvalue weighted by atomic mass is 79.9. The summed E-state index contributed by atoms with van der Waals surface area (Å²) in [5.41, 5.74) is 3.33. The number of halogens is 1. The Balaban J connectivity index is 1.34. The minimum atomic E-state index is 0.427. The minimum absolute atomic E-state index is 0.427. The maximum Gasteiger partial charge on any atom is 0.196 e. The summed E-state index contributed by atoms with van der Waals surface area (Å²) in [6.45, 7) is 5.56. The predicted octanol–water partition coefficient (Wildman–Crippen LogP) is 7.38. The van der Waals surface area contributed by atoms with Crippen LogP contribution in [0.2, 0.25) is 0 Å². The lowest BCUT2D eigenvalue weighted by Crippen LogP contribution is -2.36. The van der Waals surface area contributed by atoms with Crippen molar-refractivity contribution in [2.24, 2.45) is 23.2 Å². The topological polar surface area (TPSA) is 23.2 Å². The van der Waals surface area contributed by atoms with Crippen molar-refractivity contribution in [3.05, 3.63) is 58.6 Å². The number of fused-ring (bicyclic) bond motifs is 2. The van der Waals surface area contributed by atoms with Gasteiger partial charge in [0.2, 0.25) is 0 Å². The zero-order chi connectivity index (χ0) is 21.1. The van der Waals surface area contributed by atoms with E-state index in [9.17, 15) is 5.21 Å². The third-order valence-electron chi connectivity index (χ3n) is 8.00. The van der Waals surface area contributed by atoms with Gasteiger partial charge in [-0.1, -0.05) is 77.8 Å². The molecule has 0 heterocycles. The average Bonchev–Trinajstić information content (AvgIpc) is 3.13. The number of hydroxylamine groups is 1. The van der Waals surface area contributed by atoms with Crippen LogP contribution in [0, 0.1) is 23.2 Å². The molecule has 0 bridgehead atoms. The van der Waals surface area contributed by atoms with Crippen LogP contribution < -0.4 is 0 Å². The van der Waals surface area contributed by atoms with E-state index in [0.717, 1.165) is 24.7 Å². The highest BCUT2D eigenvalue weighted by molar-refractivity contribution is 9.11. The van der Waals surface area contributed by atoms with Crippen LogP contribution in [-0.2, 0) is 6.42 Å². The smallest absolute Gasteiger partial charge is 0.196 e. The van der Waals surface area contributed by atoms with Crippen molar-refractivity contribution in [2.45, 2.75) is 58.8 Å². The molecule has 0 saturated heterocycles. The Morgan fingerprint density at radius 1 is 1.20 bits per heavy atom. The molecule has 1 N–H and O–H groups in total. The first-order chi connectivity index (χ1) is 14.5. The van der Waals surface area contributed by atoms with Crippen molar-refractivity contribution in [3.8, 4) is 0 Å². The van der Waals surface area contributed by atoms with Crippen molar-refractivity contribution in [3.63, 3.8) is 0 Å². The second kappa shape index (κ2) is 9.26. The molecule has 0 amide bonds. The van der Waals surface area contributed by atoms with Gasteiger partial charge in [-0.2, -0.15) is 0 Å². The molecule has 4 atom stereocenters. The molecule has 0 radical (unpaired) electrons. The van der Waals surface area contributed by atoms with E-state index in [-0.39, 0.29) is 0 Å². The minimum Gasteiger partial charge on any atom is -0.291 e. The van der Waals surface area contributed by atoms with Crippen LogP contribution >= 0.6 is 15.9 Å². The summed E-state index contributed by atoms with van der Waals surface area (Å²) in [5, 5.41) is 13.0. The molecular weight excluding hydrogens is 434 g/mol. The lowest BCUT2D eigenvalue weighted by Gasteiger charge is -2.44. The number of rotatable bonds is 6. The summed E-state index contributed by atoms with van der Waals surface area (Å²) in [5.74, 6) is 2.09. The molecule has 2 aromatic carbocycles. The Morgan fingerprint density at radius 2 is 2.00 bits per heavy atom. The van der Waals surface area contributed by atoms with E-state index in [1.54, 1.807) is 5.57 Å². The summed E-state index contributed by atoms with van der Waals surface area (Å²) in [6.07, 6.45) is 10.4. The molecular formula is C27H35BrNO+. The van der Waals surface area contributed by atoms with Crippen molar-refractivity contribution in [2.75, 3.05) is 6.54 Å². The lowest BCUT2D eigenvalue weighted by molar-refractivity contribution is -0.771. The van der Waals surface area contributed by atoms with Gasteiger partial charge < -0.3 is 0 Å². The first-order valence-electron chi connectivity index (χ1n) is 11.6. The number of hydrogen-bond donors (Lipinski definition) is 1. The quantitative estimate of drug-likeness (QED) is 0.203. The predicted molar refractivity (Wildman–Crippen MR) is 130 cm³/mol. The highest BCUT2D eigenvalue weighted by Gasteiger charge is 2.50. The third-order valence-corrected chi connectivity index (χ3v) is 8.58. The normalized spacial score (nSPS) is 29.3. The van der Waals surface area contributed by atoms with Crippen LogP contribution in [0.4, 0.5) is 0 Å². The van der Waals surface area contributed by atoms with Crippen molar-refractivity contribution < 1.29 is 9.95 Å². The third kappa shape index (κ3) is 4.37. The van der Waals surface area contributed by atoms with E-state index in [1.807, 2.05) is 6.21 Å². The van der Waals surface area contributed by atoms with Crippen LogP contribution in [0.25, 0.3) is 10.8 Å². The summed E-state index contributed by atoms with van der Waals surface area (Å²) in [4.78, 5) is 2.20. The number of benzene rings is 2. The van der Waals surface area contributed by atoms with Gasteiger partial charge in [-0.05, 0) is 81.3 Å². The van der Waals surface area contributed by atoms with Crippen molar-refractivity contribution >= 4 is 32.9 Å². The van der Waals surface area contributed by atoms with Crippen molar-refractivity contribution in [1.29, 1.82) is 0 Å². The summed E-state index contributed by atoms with van der Waals surface area (Å²) >= 11 is 3.62. The lowest BCUT2D eigenvalue weighted by atomic mass is 9.61. The van der Waals surface area contributed by atoms with E-state index < -0.39 is 0 Å². The van der Waals surface area contributed by atoms with E-state index in [1.165, 1.54) is 53.2 Å². The summed E-state index contributed by atoms with van der Waals surface area (Å²) in [6, 6.07) is 15.0. The second-order valence-electron chi connectivity index (χ2n) is 9.77. The van der Waals surface area contributed by atoms with Crippen LogP contribution in [-0.4, -0.2) is 22.7 Å². The molecule has 2 aromatic rings. The van der Waals surface area contributed by atoms with Crippen molar-refractivity contribution in [1.82, 2.24) is 0 Å². The molecule has 160 valence electrons. The molecule has 0 aromatic heterocycles. The van der Waals surface area contributed by atoms with Gasteiger partial charge in [-0.25, -0.2) is 0 Å². The number of hydrogen-bond acceptors (Lipinski definition) is 1. The maximum atomic E-state index is 10.5. The first-order valence-corrected chi connectivity index (χ1v) is 12.5. The molecule has 2 saturated carbocycles. The monoisotopic (exact) mass is 468 g/mol. The highest BCUT2D eigenvalue weighted by Crippen LogP contribution is 2.59. The van der Waals surface area contributed by atoms with Gasteiger partial charge >= 0.3 is 0 Å². The molecule has 0 unspecified atom stereocenters. The number of allylic oxidation sites excluding steroid dienone is 1. The van der Waals surface area contributed by atoms with Gasteiger partial charge in [0, 0.05) is 12.8 Å². The Kier molecular flexibility index (Phi) is 6.67. The van der Waals surface area contributed by atoms with Gasteiger partial charge in [0.1, 0.15) is 0 Å². The SMILES string of the molecule is C[C@H](C/C=[N+](\O)CCc1ccc2ccccc2c1)[C@H]1CC[C@H]2/C(=C/Br)CCC[C@]12C. The zero-order valence-electron chi connectivity index (χ0n) is 18.4. The van der Waals surface area contributed by atoms with E-state index >= 15 is 0 Å². The molecule has 30 heavy (non-hydrogen) atoms. The molecule has 2 nitrogen and oxygen atoms in total. The molecule has 0 aliphatic heterocycles. The standard InChI is InChI=1S/C27H35BrNO/c1-20(25-11-12-26-24(19-28)8-5-15-27(25,26)2)13-16-29(30)17-14-21-9-10-22-6-3-4-7-23(22)18-21/h3-4,6-7,9-10,16,18-20,25-26,30H,5,8,11-15,17H2,1-2H3/q+1/b24-19+,29-16-/t20-,25-,26+,27-/m1/s1. The molecule has 2 aliphatic rings. The van der Waals surface area contributed by atoms with Gasteiger partial charge in [-0.3, -0.25) is 5.21 Å². The molecule has 2 aliphatic carbocycles. The maximum absolute atomic E-state index is 10.5. The Morgan fingerprint density at radius 3 is 2.80 bits per heavy atom. The molecule has 2 fully saturated rings. The van der Waals surface area contributed by atoms with E-state index in [4.69, 9.17) is 0 Å². The first kappa shape index (κ1) is 21.6. The van der Waals surface area contributed by atoms with Crippen LogP contribution in [0.3, 0.4) is 0 Å². The fourth-order valence-corrected chi connectivity index (χ4v) is 6.87. The average molecular weight is 469 g/mol. The van der Waals surface area contributed by atoms with Crippen LogP contribution in [0.5, 0.6) is 0 Å². The number of nitrogens with zero attached hydrogens (tertiary/aromatic N) is 1. The zero-order valence-corrected chi connectivity index (χ0v) is 19.9. The summed E-state index contributed by atoms with van der Waals surface area (Å²) in [7, 11) is 0. The van der Waals surface area contributed by atoms with Gasteiger partial charge in [0.15, 0.2) is 12.8 Å². The van der Waals surface area contributed by atoms with Gasteiger partial charge in [0.25, 0.3) is 0 Å². The van der Waals surface area contributed by atoms with E-state index in [2.05, 4.69) is 77.2 Å². The summed E-state index contributed by atoms with van der Waals surface area (Å²) < 4.78 is 1.42. The largest absolute Gasteiger partial charge is 0.291 e. The Labute approximate surface area is 189 Å². The molecule has 0 spiro atoms. The molecule has 3 heteroatoms. The second-order valence-corrected chi connectivity index (χ2v) is 10.2. The van der Waals surface area contributed by atoms with Crippen LogP contribution in [0.1, 0.15) is 57.9 Å². The van der Waals surface area contributed by atoms with Gasteiger partial charge in [-0.15, -0.1) is 0 Å². The van der Waals surface area contributed by atoms with E-state index in [0.29, 0.717) is 17.9 Å². The Hall–Kier alpha value is -1.61. The fourth-order valence-electron chi connectivity index (χ4n) is 6.33. The fraction of sp³-hybridized carbons (Fsp3) is 0.519. The molecule has 4 rings (SSSR count). The Bertz CT molecular complexity index is 949. The van der Waals surface area contributed by atoms with Gasteiger partial charge in [0.05, 0.1) is 0 Å².